The topological polar surface area (TPSA) is 129 Å². The smallest absolute Gasteiger partial charge is 0.319 e. The van der Waals surface area contributed by atoms with E-state index in [-0.39, 0.29) is 5.69 Å². The molecule has 0 spiro atoms. The molecule has 8 nitrogen and oxygen atoms in total. The zero-order chi connectivity index (χ0) is 15.6. The van der Waals surface area contributed by atoms with Gasteiger partial charge >= 0.3 is 15.9 Å². The van der Waals surface area contributed by atoms with Crippen LogP contribution in [0.25, 0.3) is 0 Å². The van der Waals surface area contributed by atoms with E-state index in [4.69, 9.17) is 0 Å². The predicted octanol–water partition coefficient (Wildman–Crippen LogP) is -0.0263. The highest BCUT2D eigenvalue weighted by Gasteiger charge is 2.19. The van der Waals surface area contributed by atoms with E-state index in [0.29, 0.717) is 0 Å². The maximum Gasteiger partial charge on any atom is 0.334 e. The lowest BCUT2D eigenvalue weighted by Gasteiger charge is -2.07. The van der Waals surface area contributed by atoms with E-state index in [2.05, 4.69) is 10.3 Å². The number of benzene rings is 1. The second-order valence-corrected chi connectivity index (χ2v) is 5.21. The first kappa shape index (κ1) is 14.7. The molecule has 0 radical (unpaired) electrons. The fraction of sp³-hybridized carbons (Fsp3) is 0. The average molecular weight is 313 g/mol. The monoisotopic (exact) mass is 313 g/mol. The number of H-pyrrole nitrogens is 2. The van der Waals surface area contributed by atoms with Crippen LogP contribution in [0.2, 0.25) is 0 Å². The third-order valence-corrected chi connectivity index (χ3v) is 3.28. The maximum absolute atomic E-state index is 13.1. The molecule has 0 aliphatic carbocycles. The molecule has 0 bridgehead atoms. The summed E-state index contributed by atoms with van der Waals surface area (Å²) in [6, 6.07) is 5.59. The number of halogens is 1. The van der Waals surface area contributed by atoms with Gasteiger partial charge in [-0.1, -0.05) is 12.1 Å². The lowest BCUT2D eigenvalue weighted by Crippen LogP contribution is -2.27. The highest BCUT2D eigenvalue weighted by atomic mass is 32.3. The summed E-state index contributed by atoms with van der Waals surface area (Å²) >= 11 is 0. The molecule has 1 heterocycles. The summed E-state index contributed by atoms with van der Waals surface area (Å²) in [6.07, 6.45) is 0. The van der Waals surface area contributed by atoms with Crippen LogP contribution >= 0.6 is 0 Å². The Labute approximate surface area is 116 Å². The zero-order valence-electron chi connectivity index (χ0n) is 10.2. The molecule has 10 heteroatoms. The Morgan fingerprint density at radius 3 is 2.43 bits per heavy atom. The third-order valence-electron chi connectivity index (χ3n) is 2.40. The average Bonchev–Trinajstić information content (AvgIpc) is 2.37. The number of hydrogen-bond donors (Lipinski definition) is 3. The highest BCUT2D eigenvalue weighted by molar-refractivity contribution is 7.86. The molecule has 1 amide bonds. The Balaban J connectivity index is 2.41. The van der Waals surface area contributed by atoms with Crippen LogP contribution in [0.4, 0.5) is 9.57 Å². The summed E-state index contributed by atoms with van der Waals surface area (Å²) in [6.45, 7) is 0. The van der Waals surface area contributed by atoms with Crippen LogP contribution in [-0.4, -0.2) is 24.3 Å². The number of aromatic amines is 2. The van der Waals surface area contributed by atoms with Crippen LogP contribution in [-0.2, 0) is 10.2 Å². The van der Waals surface area contributed by atoms with Crippen LogP contribution in [0.5, 0.6) is 0 Å². The van der Waals surface area contributed by atoms with Crippen LogP contribution < -0.4 is 16.6 Å². The van der Waals surface area contributed by atoms with Gasteiger partial charge in [0.05, 0.1) is 5.69 Å². The lowest BCUT2D eigenvalue weighted by atomic mass is 10.3. The van der Waals surface area contributed by atoms with E-state index in [1.807, 2.05) is 4.98 Å². The van der Waals surface area contributed by atoms with Crippen LogP contribution in [0.15, 0.2) is 44.8 Å². The van der Waals surface area contributed by atoms with Gasteiger partial charge in [-0.3, -0.25) is 14.6 Å². The minimum absolute atomic E-state index is 0.314. The van der Waals surface area contributed by atoms with Gasteiger partial charge in [-0.2, -0.15) is 8.42 Å². The van der Waals surface area contributed by atoms with Crippen LogP contribution in [0.1, 0.15) is 10.5 Å². The molecule has 0 saturated carbocycles. The van der Waals surface area contributed by atoms with Crippen molar-refractivity contribution >= 4 is 21.8 Å². The minimum atomic E-state index is -5.03. The molecule has 3 N–H and O–H groups in total. The van der Waals surface area contributed by atoms with Crippen molar-refractivity contribution < 1.29 is 17.1 Å². The van der Waals surface area contributed by atoms with Gasteiger partial charge in [0.25, 0.3) is 11.5 Å². The van der Waals surface area contributed by atoms with Crippen molar-refractivity contribution in [1.82, 2.24) is 9.97 Å². The lowest BCUT2D eigenvalue weighted by molar-refractivity contribution is 0.102. The van der Waals surface area contributed by atoms with Crippen molar-refractivity contribution in [3.63, 3.8) is 0 Å². The molecule has 0 fully saturated rings. The summed E-state index contributed by atoms with van der Waals surface area (Å²) in [5.74, 6) is -0.964. The molecule has 0 aliphatic heterocycles. The number of para-hydroxylation sites is 1. The molecular formula is C11H8FN3O5S. The summed E-state index contributed by atoms with van der Waals surface area (Å²) in [5, 5.41) is 2.11. The van der Waals surface area contributed by atoms with Crippen molar-refractivity contribution in [2.24, 2.45) is 0 Å². The predicted molar refractivity (Wildman–Crippen MR) is 70.4 cm³/mol. The number of hydrogen-bond acceptors (Lipinski definition) is 5. The van der Waals surface area contributed by atoms with Crippen LogP contribution in [0.3, 0.4) is 0 Å². The fourth-order valence-corrected chi connectivity index (χ4v) is 2.19. The quantitative estimate of drug-likeness (QED) is 0.685. The Hall–Kier alpha value is -2.75. The van der Waals surface area contributed by atoms with E-state index in [1.165, 1.54) is 12.1 Å². The molecule has 110 valence electrons. The molecule has 2 rings (SSSR count). The third kappa shape index (κ3) is 3.42. The highest BCUT2D eigenvalue weighted by Crippen LogP contribution is 2.22. The Morgan fingerprint density at radius 1 is 1.14 bits per heavy atom. The summed E-state index contributed by atoms with van der Waals surface area (Å²) < 4.78 is 35.0. The first-order valence-electron chi connectivity index (χ1n) is 5.46. The number of aromatic nitrogens is 2. The molecule has 0 atom stereocenters. The standard InChI is InChI=1S/C11H8FN3O5S/c12-21(19,20)8-4-2-1-3-6(8)13-10(17)7-5-9(16)15-11(18)14-7/h1-5H,(H,13,17)(H2,14,15,16,18). The Kier molecular flexibility index (Phi) is 3.72. The molecule has 0 aliphatic rings. The summed E-state index contributed by atoms with van der Waals surface area (Å²) in [5.41, 5.74) is -2.42. The first-order valence-corrected chi connectivity index (χ1v) is 6.84. The summed E-state index contributed by atoms with van der Waals surface area (Å²) in [7, 11) is -5.03. The van der Waals surface area contributed by atoms with E-state index >= 15 is 0 Å². The minimum Gasteiger partial charge on any atom is -0.319 e. The summed E-state index contributed by atoms with van der Waals surface area (Å²) in [4.78, 5) is 37.2. The van der Waals surface area contributed by atoms with Gasteiger partial charge in [-0.05, 0) is 12.1 Å². The Bertz CT molecular complexity index is 887. The molecule has 0 unspecified atom stereocenters. The van der Waals surface area contributed by atoms with Gasteiger partial charge < -0.3 is 10.3 Å². The van der Waals surface area contributed by atoms with Crippen molar-refractivity contribution in [3.05, 3.63) is 56.9 Å². The van der Waals surface area contributed by atoms with Crippen molar-refractivity contribution in [1.29, 1.82) is 0 Å². The maximum atomic E-state index is 13.1. The number of amides is 1. The van der Waals surface area contributed by atoms with Gasteiger partial charge in [0.2, 0.25) is 0 Å². The van der Waals surface area contributed by atoms with E-state index < -0.39 is 38.0 Å². The normalized spacial score (nSPS) is 11.1. The van der Waals surface area contributed by atoms with Gasteiger partial charge in [0.15, 0.2) is 0 Å². The van der Waals surface area contributed by atoms with Crippen molar-refractivity contribution in [3.8, 4) is 0 Å². The van der Waals surface area contributed by atoms with E-state index in [0.717, 1.165) is 18.2 Å². The first-order chi connectivity index (χ1) is 9.77. The second kappa shape index (κ2) is 5.32. The van der Waals surface area contributed by atoms with Crippen molar-refractivity contribution in [2.75, 3.05) is 5.32 Å². The van der Waals surface area contributed by atoms with E-state index in [9.17, 15) is 26.7 Å². The molecule has 21 heavy (non-hydrogen) atoms. The second-order valence-electron chi connectivity index (χ2n) is 3.89. The number of rotatable bonds is 3. The number of carbonyl (C=O) groups is 1. The Morgan fingerprint density at radius 2 is 1.81 bits per heavy atom. The van der Waals surface area contributed by atoms with E-state index in [1.54, 1.807) is 0 Å². The number of carbonyl (C=O) groups excluding carboxylic acids is 1. The number of anilines is 1. The molecule has 2 aromatic rings. The fourth-order valence-electron chi connectivity index (χ4n) is 1.56. The molecule has 0 saturated heterocycles. The molecule has 1 aromatic carbocycles. The molecule has 1 aromatic heterocycles. The number of nitrogens with one attached hydrogen (secondary N) is 3. The van der Waals surface area contributed by atoms with Gasteiger partial charge in [0.1, 0.15) is 10.6 Å². The van der Waals surface area contributed by atoms with Crippen LogP contribution in [0, 0.1) is 0 Å². The SMILES string of the molecule is O=C(Nc1ccccc1S(=O)(=O)F)c1cc(=O)[nH]c(=O)[nH]1. The molecular weight excluding hydrogens is 305 g/mol. The largest absolute Gasteiger partial charge is 0.334 e. The van der Waals surface area contributed by atoms with Gasteiger partial charge in [-0.15, -0.1) is 3.89 Å². The van der Waals surface area contributed by atoms with Crippen molar-refractivity contribution in [2.45, 2.75) is 4.90 Å². The van der Waals surface area contributed by atoms with Gasteiger partial charge in [0, 0.05) is 6.07 Å². The van der Waals surface area contributed by atoms with Gasteiger partial charge in [-0.25, -0.2) is 4.79 Å². The zero-order valence-corrected chi connectivity index (χ0v) is 11.0.